The molecule has 0 saturated heterocycles. The lowest BCUT2D eigenvalue weighted by Gasteiger charge is -2.11. The lowest BCUT2D eigenvalue weighted by molar-refractivity contribution is -0.274. The molecule has 0 aliphatic heterocycles. The molecule has 0 saturated carbocycles. The first-order chi connectivity index (χ1) is 10.4. The molecule has 4 nitrogen and oxygen atoms in total. The first-order valence-electron chi connectivity index (χ1n) is 6.31. The fraction of sp³-hybridized carbons (Fsp3) is 0.214. The molecule has 0 fully saturated rings. The summed E-state index contributed by atoms with van der Waals surface area (Å²) >= 11 is 1.53. The second kappa shape index (κ2) is 7.17. The smallest absolute Gasteiger partial charge is 0.406 e. The lowest BCUT2D eigenvalue weighted by atomic mass is 10.3. The Morgan fingerprint density at radius 3 is 2.73 bits per heavy atom. The lowest BCUT2D eigenvalue weighted by Crippen LogP contribution is -2.29. The van der Waals surface area contributed by atoms with Gasteiger partial charge in [0.05, 0.1) is 13.1 Å². The van der Waals surface area contributed by atoms with Crippen molar-refractivity contribution in [1.29, 1.82) is 0 Å². The maximum atomic E-state index is 12.1. The number of hydrogen-bond donors (Lipinski definition) is 2. The number of rotatable bonds is 6. The highest BCUT2D eigenvalue weighted by atomic mass is 32.1. The molecule has 118 valence electrons. The van der Waals surface area contributed by atoms with E-state index in [0.717, 1.165) is 4.88 Å². The number of alkyl halides is 3. The highest BCUT2D eigenvalue weighted by molar-refractivity contribution is 7.09. The molecule has 2 rings (SSSR count). The number of anilines is 1. The minimum absolute atomic E-state index is 0.0408. The summed E-state index contributed by atoms with van der Waals surface area (Å²) in [6.45, 7) is 0.385. The number of hydrogen-bond acceptors (Lipinski definition) is 4. The van der Waals surface area contributed by atoms with Crippen LogP contribution < -0.4 is 15.4 Å². The van der Waals surface area contributed by atoms with Gasteiger partial charge in [-0.25, -0.2) is 0 Å². The predicted octanol–water partition coefficient (Wildman–Crippen LogP) is 3.38. The van der Waals surface area contributed by atoms with Gasteiger partial charge in [-0.2, -0.15) is 0 Å². The molecule has 2 aromatic rings. The Morgan fingerprint density at radius 2 is 2.05 bits per heavy atom. The predicted molar refractivity (Wildman–Crippen MR) is 77.8 cm³/mol. The van der Waals surface area contributed by atoms with Crippen LogP contribution in [0.2, 0.25) is 0 Å². The van der Waals surface area contributed by atoms with E-state index in [1.54, 1.807) is 6.07 Å². The first-order valence-corrected chi connectivity index (χ1v) is 7.19. The summed E-state index contributed by atoms with van der Waals surface area (Å²) in [5.41, 5.74) is 0.369. The molecule has 0 aliphatic rings. The van der Waals surface area contributed by atoms with E-state index in [0.29, 0.717) is 12.2 Å². The summed E-state index contributed by atoms with van der Waals surface area (Å²) in [6, 6.07) is 9.12. The van der Waals surface area contributed by atoms with Crippen LogP contribution in [0.5, 0.6) is 5.75 Å². The van der Waals surface area contributed by atoms with E-state index < -0.39 is 6.36 Å². The molecule has 0 aliphatic carbocycles. The van der Waals surface area contributed by atoms with Crippen LogP contribution in [0.3, 0.4) is 0 Å². The minimum Gasteiger partial charge on any atom is -0.406 e. The van der Waals surface area contributed by atoms with Crippen molar-refractivity contribution in [2.45, 2.75) is 12.9 Å². The Morgan fingerprint density at radius 1 is 1.23 bits per heavy atom. The van der Waals surface area contributed by atoms with Crippen molar-refractivity contribution in [1.82, 2.24) is 5.32 Å². The third kappa shape index (κ3) is 5.65. The summed E-state index contributed by atoms with van der Waals surface area (Å²) in [6.07, 6.45) is -4.74. The van der Waals surface area contributed by atoms with Crippen LogP contribution >= 0.6 is 11.3 Å². The molecule has 0 radical (unpaired) electrons. The van der Waals surface area contributed by atoms with E-state index in [1.165, 1.54) is 29.5 Å². The molecule has 0 spiro atoms. The van der Waals surface area contributed by atoms with Crippen molar-refractivity contribution in [3.05, 3.63) is 46.7 Å². The zero-order chi connectivity index (χ0) is 16.0. The number of thiophene rings is 1. The molecule has 0 unspecified atom stereocenters. The molecule has 0 bridgehead atoms. The van der Waals surface area contributed by atoms with Crippen molar-refractivity contribution in [2.75, 3.05) is 11.9 Å². The molecule has 0 atom stereocenters. The zero-order valence-electron chi connectivity index (χ0n) is 11.3. The second-order valence-electron chi connectivity index (χ2n) is 4.29. The van der Waals surface area contributed by atoms with Gasteiger partial charge in [0.15, 0.2) is 0 Å². The van der Waals surface area contributed by atoms with Gasteiger partial charge in [0.1, 0.15) is 5.75 Å². The van der Waals surface area contributed by atoms with E-state index in [1.807, 2.05) is 17.5 Å². The molecule has 1 aromatic heterocycles. The van der Waals surface area contributed by atoms with Gasteiger partial charge in [-0.1, -0.05) is 12.1 Å². The van der Waals surface area contributed by atoms with Crippen molar-refractivity contribution >= 4 is 22.9 Å². The van der Waals surface area contributed by atoms with E-state index in [9.17, 15) is 18.0 Å². The molecule has 22 heavy (non-hydrogen) atoms. The van der Waals surface area contributed by atoms with E-state index in [2.05, 4.69) is 15.4 Å². The van der Waals surface area contributed by atoms with Crippen LogP contribution in [0.25, 0.3) is 0 Å². The van der Waals surface area contributed by atoms with Gasteiger partial charge in [-0.3, -0.25) is 4.79 Å². The quantitative estimate of drug-likeness (QED) is 0.854. The molecular weight excluding hydrogens is 317 g/mol. The van der Waals surface area contributed by atoms with Crippen LogP contribution in [0, 0.1) is 0 Å². The Bertz CT molecular complexity index is 615. The van der Waals surface area contributed by atoms with Crippen LogP contribution in [0.15, 0.2) is 41.8 Å². The summed E-state index contributed by atoms with van der Waals surface area (Å²) in [4.78, 5) is 12.7. The maximum absolute atomic E-state index is 12.1. The van der Waals surface area contributed by atoms with E-state index >= 15 is 0 Å². The molecule has 1 aromatic carbocycles. The van der Waals surface area contributed by atoms with Crippen LogP contribution in [-0.2, 0) is 11.3 Å². The van der Waals surface area contributed by atoms with Crippen molar-refractivity contribution in [2.24, 2.45) is 0 Å². The van der Waals surface area contributed by atoms with Crippen molar-refractivity contribution < 1.29 is 22.7 Å². The summed E-state index contributed by atoms with van der Waals surface area (Å²) in [5.74, 6) is -0.591. The first kappa shape index (κ1) is 16.2. The second-order valence-corrected chi connectivity index (χ2v) is 5.32. The van der Waals surface area contributed by atoms with Gasteiger partial charge in [0.25, 0.3) is 0 Å². The topological polar surface area (TPSA) is 50.4 Å². The fourth-order valence-corrected chi connectivity index (χ4v) is 2.29. The van der Waals surface area contributed by atoms with Gasteiger partial charge >= 0.3 is 6.36 Å². The third-order valence-electron chi connectivity index (χ3n) is 2.56. The molecule has 2 N–H and O–H groups in total. The van der Waals surface area contributed by atoms with Gasteiger partial charge in [0.2, 0.25) is 5.91 Å². The monoisotopic (exact) mass is 330 g/mol. The summed E-state index contributed by atoms with van der Waals surface area (Å²) in [7, 11) is 0. The number of amides is 1. The van der Waals surface area contributed by atoms with E-state index in [4.69, 9.17) is 0 Å². The normalized spacial score (nSPS) is 11.0. The van der Waals surface area contributed by atoms with Gasteiger partial charge in [-0.15, -0.1) is 24.5 Å². The molecule has 1 heterocycles. The molecule has 1 amide bonds. The van der Waals surface area contributed by atoms with Gasteiger partial charge in [-0.05, 0) is 23.6 Å². The number of carbonyl (C=O) groups excluding carboxylic acids is 1. The summed E-state index contributed by atoms with van der Waals surface area (Å²) in [5, 5.41) is 7.36. The van der Waals surface area contributed by atoms with Crippen molar-refractivity contribution in [3.63, 3.8) is 0 Å². The highest BCUT2D eigenvalue weighted by Crippen LogP contribution is 2.24. The van der Waals surface area contributed by atoms with E-state index in [-0.39, 0.29) is 18.2 Å². The number of nitrogens with one attached hydrogen (secondary N) is 2. The number of halogens is 3. The standard InChI is InChI=1S/C14H13F3N2O2S/c15-14(16,17)21-11-4-1-3-10(7-11)18-9-13(20)19-8-12-5-2-6-22-12/h1-7,18H,8-9H2,(H,19,20). The number of carbonyl (C=O) groups is 1. The van der Waals surface area contributed by atoms with Gasteiger partial charge in [0, 0.05) is 16.6 Å². The minimum atomic E-state index is -4.74. The van der Waals surface area contributed by atoms with Crippen molar-refractivity contribution in [3.8, 4) is 5.75 Å². The fourth-order valence-electron chi connectivity index (χ4n) is 1.65. The number of benzene rings is 1. The Labute approximate surface area is 128 Å². The Kier molecular flexibility index (Phi) is 5.26. The molecular formula is C14H13F3N2O2S. The Balaban J connectivity index is 1.80. The largest absolute Gasteiger partial charge is 0.573 e. The maximum Gasteiger partial charge on any atom is 0.573 e. The zero-order valence-corrected chi connectivity index (χ0v) is 12.1. The van der Waals surface area contributed by atoms with Crippen LogP contribution in [0.4, 0.5) is 18.9 Å². The summed E-state index contributed by atoms with van der Waals surface area (Å²) < 4.78 is 40.2. The molecule has 8 heteroatoms. The highest BCUT2D eigenvalue weighted by Gasteiger charge is 2.31. The SMILES string of the molecule is O=C(CNc1cccc(OC(F)(F)F)c1)NCc1cccs1. The number of ether oxygens (including phenoxy) is 1. The average Bonchev–Trinajstić information content (AvgIpc) is 2.95. The van der Waals surface area contributed by atoms with Crippen LogP contribution in [0.1, 0.15) is 4.88 Å². The Hall–Kier alpha value is -2.22. The van der Waals surface area contributed by atoms with Gasteiger partial charge < -0.3 is 15.4 Å². The average molecular weight is 330 g/mol. The third-order valence-corrected chi connectivity index (χ3v) is 3.44. The van der Waals surface area contributed by atoms with Crippen LogP contribution in [-0.4, -0.2) is 18.8 Å².